The lowest BCUT2D eigenvalue weighted by Crippen LogP contribution is -2.08. The Balaban J connectivity index is 2.23. The molecule has 1 N–H and O–H groups in total. The van der Waals surface area contributed by atoms with Crippen molar-refractivity contribution in [1.29, 1.82) is 0 Å². The van der Waals surface area contributed by atoms with Crippen LogP contribution in [0.25, 0.3) is 0 Å². The molecule has 0 aliphatic carbocycles. The van der Waals surface area contributed by atoms with Crippen molar-refractivity contribution in [1.82, 2.24) is 0 Å². The number of hydrogen-bond acceptors (Lipinski definition) is 1. The maximum Gasteiger partial charge on any atom is 0.124 e. The third-order valence-corrected chi connectivity index (χ3v) is 4.19. The molecule has 19 heavy (non-hydrogen) atoms. The molecule has 5 heteroatoms. The average Bonchev–Trinajstić information content (AvgIpc) is 2.32. The second-order valence-electron chi connectivity index (χ2n) is 4.16. The molecule has 0 spiro atoms. The van der Waals surface area contributed by atoms with Crippen LogP contribution in [0.2, 0.25) is 10.0 Å². The van der Waals surface area contributed by atoms with Gasteiger partial charge in [0.25, 0.3) is 0 Å². The van der Waals surface area contributed by atoms with Gasteiger partial charge in [-0.25, -0.2) is 4.39 Å². The molecule has 2 rings (SSSR count). The molecular weight excluding hydrogens is 399 g/mol. The summed E-state index contributed by atoms with van der Waals surface area (Å²) in [6.45, 7) is 1.99. The molecule has 2 aromatic rings. The van der Waals surface area contributed by atoms with E-state index in [0.717, 1.165) is 14.8 Å². The summed E-state index contributed by atoms with van der Waals surface area (Å²) in [5.74, 6) is -0.243. The van der Waals surface area contributed by atoms with Crippen LogP contribution < -0.4 is 5.32 Å². The van der Waals surface area contributed by atoms with Crippen LogP contribution in [0.15, 0.2) is 36.4 Å². The van der Waals surface area contributed by atoms with Gasteiger partial charge in [0.15, 0.2) is 0 Å². The fourth-order valence-electron chi connectivity index (χ4n) is 1.77. The maximum absolute atomic E-state index is 13.0. The molecule has 1 unspecified atom stereocenters. The normalized spacial score (nSPS) is 12.3. The number of hydrogen-bond donors (Lipinski definition) is 1. The van der Waals surface area contributed by atoms with Crippen LogP contribution in [0.3, 0.4) is 0 Å². The Hall–Kier alpha value is -0.520. The maximum atomic E-state index is 13.0. The molecule has 0 aliphatic heterocycles. The van der Waals surface area contributed by atoms with Crippen LogP contribution in [0, 0.1) is 9.39 Å². The highest BCUT2D eigenvalue weighted by Gasteiger charge is 2.11. The highest BCUT2D eigenvalue weighted by molar-refractivity contribution is 14.1. The number of nitrogens with one attached hydrogen (secondary N) is 1. The van der Waals surface area contributed by atoms with Gasteiger partial charge in [-0.15, -0.1) is 0 Å². The summed E-state index contributed by atoms with van der Waals surface area (Å²) >= 11 is 14.1. The van der Waals surface area contributed by atoms with E-state index in [4.69, 9.17) is 23.2 Å². The summed E-state index contributed by atoms with van der Waals surface area (Å²) in [4.78, 5) is 0. The minimum Gasteiger partial charge on any atom is -0.378 e. The van der Waals surface area contributed by atoms with Gasteiger partial charge in [0.2, 0.25) is 0 Å². The van der Waals surface area contributed by atoms with Gasteiger partial charge in [-0.05, 0) is 65.4 Å². The highest BCUT2D eigenvalue weighted by Crippen LogP contribution is 2.30. The first-order chi connectivity index (χ1) is 8.97. The molecule has 1 atom stereocenters. The first kappa shape index (κ1) is 14.9. The topological polar surface area (TPSA) is 12.0 Å². The molecule has 0 bridgehead atoms. The first-order valence-corrected chi connectivity index (χ1v) is 7.47. The number of halogens is 4. The van der Waals surface area contributed by atoms with Crippen molar-refractivity contribution >= 4 is 51.5 Å². The molecule has 1 nitrogen and oxygen atoms in total. The van der Waals surface area contributed by atoms with E-state index < -0.39 is 0 Å². The third kappa shape index (κ3) is 3.74. The van der Waals surface area contributed by atoms with Crippen molar-refractivity contribution in [2.45, 2.75) is 13.0 Å². The van der Waals surface area contributed by atoms with Crippen molar-refractivity contribution in [3.05, 3.63) is 61.4 Å². The van der Waals surface area contributed by atoms with Crippen molar-refractivity contribution in [3.63, 3.8) is 0 Å². The Bertz CT molecular complexity index is 604. The van der Waals surface area contributed by atoms with Gasteiger partial charge in [-0.2, -0.15) is 0 Å². The molecule has 0 aromatic heterocycles. The Morgan fingerprint density at radius 3 is 2.53 bits per heavy atom. The Morgan fingerprint density at radius 2 is 1.89 bits per heavy atom. The number of anilines is 1. The molecule has 0 amide bonds. The second-order valence-corrected chi connectivity index (χ2v) is 6.16. The summed E-state index contributed by atoms with van der Waals surface area (Å²) in [7, 11) is 0. The van der Waals surface area contributed by atoms with Gasteiger partial charge in [-0.1, -0.05) is 29.3 Å². The first-order valence-electron chi connectivity index (χ1n) is 5.64. The molecule has 0 aliphatic rings. The smallest absolute Gasteiger partial charge is 0.124 e. The molecule has 0 fully saturated rings. The van der Waals surface area contributed by atoms with Crippen LogP contribution in [-0.4, -0.2) is 0 Å². The van der Waals surface area contributed by atoms with Crippen molar-refractivity contribution in [3.8, 4) is 0 Å². The molecule has 0 heterocycles. The monoisotopic (exact) mass is 409 g/mol. The van der Waals surface area contributed by atoms with Crippen molar-refractivity contribution in [2.24, 2.45) is 0 Å². The minimum absolute atomic E-state index is 0.00347. The van der Waals surface area contributed by atoms with Gasteiger partial charge < -0.3 is 5.32 Å². The quantitative estimate of drug-likeness (QED) is 0.621. The van der Waals surface area contributed by atoms with Crippen LogP contribution in [0.5, 0.6) is 0 Å². The van der Waals surface area contributed by atoms with Gasteiger partial charge in [0.05, 0.1) is 6.04 Å². The molecule has 0 saturated heterocycles. The van der Waals surface area contributed by atoms with E-state index in [-0.39, 0.29) is 11.9 Å². The zero-order valence-electron chi connectivity index (χ0n) is 10.1. The summed E-state index contributed by atoms with van der Waals surface area (Å²) in [5, 5.41) is 4.54. The fraction of sp³-hybridized carbons (Fsp3) is 0.143. The Labute approximate surface area is 135 Å². The zero-order valence-corrected chi connectivity index (χ0v) is 13.7. The molecular formula is C14H11Cl2FIN. The van der Waals surface area contributed by atoms with E-state index in [1.807, 2.05) is 13.0 Å². The summed E-state index contributed by atoms with van der Waals surface area (Å²) < 4.78 is 13.9. The molecule has 0 saturated carbocycles. The largest absolute Gasteiger partial charge is 0.378 e. The predicted octanol–water partition coefficient (Wildman–Crippen LogP) is 5.91. The molecule has 2 aromatic carbocycles. The van der Waals surface area contributed by atoms with Crippen molar-refractivity contribution < 1.29 is 4.39 Å². The van der Waals surface area contributed by atoms with E-state index >= 15 is 0 Å². The predicted molar refractivity (Wildman–Crippen MR) is 87.6 cm³/mol. The lowest BCUT2D eigenvalue weighted by Gasteiger charge is -2.18. The van der Waals surface area contributed by atoms with Crippen LogP contribution in [0.4, 0.5) is 10.1 Å². The van der Waals surface area contributed by atoms with Gasteiger partial charge in [-0.3, -0.25) is 0 Å². The van der Waals surface area contributed by atoms with Crippen LogP contribution >= 0.6 is 45.8 Å². The zero-order chi connectivity index (χ0) is 14.0. The van der Waals surface area contributed by atoms with E-state index in [1.54, 1.807) is 18.2 Å². The SMILES string of the molecule is CC(Nc1ccc(F)cc1I)c1ccc(Cl)cc1Cl. The highest BCUT2D eigenvalue weighted by atomic mass is 127. The van der Waals surface area contributed by atoms with Crippen molar-refractivity contribution in [2.75, 3.05) is 5.32 Å². The fourth-order valence-corrected chi connectivity index (χ4v) is 2.98. The summed E-state index contributed by atoms with van der Waals surface area (Å²) in [6.07, 6.45) is 0. The van der Waals surface area contributed by atoms with E-state index in [9.17, 15) is 4.39 Å². The lowest BCUT2D eigenvalue weighted by atomic mass is 10.1. The van der Waals surface area contributed by atoms with E-state index in [1.165, 1.54) is 12.1 Å². The summed E-state index contributed by atoms with van der Waals surface area (Å²) in [6, 6.07) is 10.0. The van der Waals surface area contributed by atoms with Gasteiger partial charge in [0.1, 0.15) is 5.82 Å². The lowest BCUT2D eigenvalue weighted by molar-refractivity contribution is 0.627. The van der Waals surface area contributed by atoms with Crippen LogP contribution in [-0.2, 0) is 0 Å². The molecule has 100 valence electrons. The Morgan fingerprint density at radius 1 is 1.16 bits per heavy atom. The van der Waals surface area contributed by atoms with E-state index in [2.05, 4.69) is 27.9 Å². The standard InChI is InChI=1S/C14H11Cl2FIN/c1-8(11-4-2-9(15)6-12(11)16)19-14-5-3-10(17)7-13(14)18/h2-8,19H,1H3. The number of benzene rings is 2. The number of rotatable bonds is 3. The third-order valence-electron chi connectivity index (χ3n) is 2.73. The van der Waals surface area contributed by atoms with Gasteiger partial charge in [0, 0.05) is 19.3 Å². The van der Waals surface area contributed by atoms with Gasteiger partial charge >= 0.3 is 0 Å². The Kier molecular flexibility index (Phi) is 4.92. The molecule has 0 radical (unpaired) electrons. The summed E-state index contributed by atoms with van der Waals surface area (Å²) in [5.41, 5.74) is 1.83. The second kappa shape index (κ2) is 6.29. The minimum atomic E-state index is -0.243. The van der Waals surface area contributed by atoms with E-state index in [0.29, 0.717) is 10.0 Å². The van der Waals surface area contributed by atoms with Crippen LogP contribution in [0.1, 0.15) is 18.5 Å². The average molecular weight is 410 g/mol.